The number of hydrogen-bond donors (Lipinski definition) is 1. The van der Waals surface area contributed by atoms with Crippen LogP contribution in [-0.4, -0.2) is 18.2 Å². The van der Waals surface area contributed by atoms with Crippen LogP contribution < -0.4 is 10.2 Å². The molecule has 0 aliphatic carbocycles. The summed E-state index contributed by atoms with van der Waals surface area (Å²) in [4.78, 5) is 12.2. The number of amides is 1. The van der Waals surface area contributed by atoms with Gasteiger partial charge in [-0.1, -0.05) is 83.0 Å². The number of carbonyl (C=O) groups excluding carboxylic acids is 1. The molecule has 150 valence electrons. The standard InChI is InChI=1S/C24H32N2O2/c1-5-6-8-13-22(19-11-9-7-10-12-19)25-26-23(27)18-28-21-16-14-20(15-17-21)24(2,3)4/h7,9-12,14-17H,5-6,8,13,18H2,1-4H3,(H,26,27)/b25-22+. The number of unbranched alkanes of at least 4 members (excludes halogenated alkanes) is 2. The number of carbonyl (C=O) groups is 1. The third-order valence-electron chi connectivity index (χ3n) is 4.53. The summed E-state index contributed by atoms with van der Waals surface area (Å²) in [6.07, 6.45) is 4.19. The number of hydrogen-bond acceptors (Lipinski definition) is 3. The van der Waals surface area contributed by atoms with E-state index in [0.29, 0.717) is 5.75 Å². The van der Waals surface area contributed by atoms with Gasteiger partial charge in [-0.3, -0.25) is 4.79 Å². The number of nitrogens with one attached hydrogen (secondary N) is 1. The van der Waals surface area contributed by atoms with Crippen LogP contribution in [0.2, 0.25) is 0 Å². The van der Waals surface area contributed by atoms with E-state index in [0.717, 1.165) is 37.0 Å². The molecule has 0 fully saturated rings. The predicted molar refractivity (Wildman–Crippen MR) is 116 cm³/mol. The van der Waals surface area contributed by atoms with Crippen molar-refractivity contribution in [1.82, 2.24) is 5.43 Å². The maximum absolute atomic E-state index is 12.2. The van der Waals surface area contributed by atoms with Crippen molar-refractivity contribution in [3.8, 4) is 5.75 Å². The van der Waals surface area contributed by atoms with E-state index in [9.17, 15) is 4.79 Å². The monoisotopic (exact) mass is 380 g/mol. The quantitative estimate of drug-likeness (QED) is 0.356. The largest absolute Gasteiger partial charge is 0.484 e. The van der Waals surface area contributed by atoms with Crippen LogP contribution >= 0.6 is 0 Å². The lowest BCUT2D eigenvalue weighted by atomic mass is 9.87. The Morgan fingerprint density at radius 3 is 2.29 bits per heavy atom. The minimum Gasteiger partial charge on any atom is -0.484 e. The van der Waals surface area contributed by atoms with Crippen LogP contribution in [0.5, 0.6) is 5.75 Å². The molecule has 0 heterocycles. The zero-order valence-corrected chi connectivity index (χ0v) is 17.5. The van der Waals surface area contributed by atoms with Crippen LogP contribution in [0.4, 0.5) is 0 Å². The first-order chi connectivity index (χ1) is 13.4. The Morgan fingerprint density at radius 2 is 1.68 bits per heavy atom. The van der Waals surface area contributed by atoms with E-state index in [4.69, 9.17) is 4.74 Å². The summed E-state index contributed by atoms with van der Waals surface area (Å²) in [5, 5.41) is 4.36. The van der Waals surface area contributed by atoms with Gasteiger partial charge < -0.3 is 4.74 Å². The topological polar surface area (TPSA) is 50.7 Å². The van der Waals surface area contributed by atoms with Crippen molar-refractivity contribution >= 4 is 11.6 Å². The molecule has 0 unspecified atom stereocenters. The van der Waals surface area contributed by atoms with Gasteiger partial charge in [-0.15, -0.1) is 0 Å². The van der Waals surface area contributed by atoms with Gasteiger partial charge in [0.25, 0.3) is 5.91 Å². The molecule has 28 heavy (non-hydrogen) atoms. The highest BCUT2D eigenvalue weighted by Gasteiger charge is 2.13. The highest BCUT2D eigenvalue weighted by molar-refractivity contribution is 6.01. The van der Waals surface area contributed by atoms with Crippen LogP contribution in [0.15, 0.2) is 59.7 Å². The van der Waals surface area contributed by atoms with Crippen LogP contribution in [0.1, 0.15) is 64.5 Å². The maximum atomic E-state index is 12.2. The van der Waals surface area contributed by atoms with Gasteiger partial charge in [0.15, 0.2) is 6.61 Å². The highest BCUT2D eigenvalue weighted by Crippen LogP contribution is 2.24. The van der Waals surface area contributed by atoms with Gasteiger partial charge in [-0.25, -0.2) is 5.43 Å². The molecule has 4 heteroatoms. The zero-order chi connectivity index (χ0) is 20.4. The van der Waals surface area contributed by atoms with E-state index < -0.39 is 0 Å². The molecule has 0 aliphatic rings. The summed E-state index contributed by atoms with van der Waals surface area (Å²) in [5.41, 5.74) is 5.90. The molecule has 1 N–H and O–H groups in total. The summed E-state index contributed by atoms with van der Waals surface area (Å²) in [6, 6.07) is 17.8. The lowest BCUT2D eigenvalue weighted by Crippen LogP contribution is -2.26. The van der Waals surface area contributed by atoms with Crippen molar-refractivity contribution in [3.63, 3.8) is 0 Å². The van der Waals surface area contributed by atoms with Crippen LogP contribution in [0.3, 0.4) is 0 Å². The van der Waals surface area contributed by atoms with Gasteiger partial charge in [0.2, 0.25) is 0 Å². The fraction of sp³-hybridized carbons (Fsp3) is 0.417. The van der Waals surface area contributed by atoms with Crippen molar-refractivity contribution in [1.29, 1.82) is 0 Å². The summed E-state index contributed by atoms with van der Waals surface area (Å²) in [5.74, 6) is 0.419. The van der Waals surface area contributed by atoms with Crippen molar-refractivity contribution in [2.24, 2.45) is 5.10 Å². The number of hydrazone groups is 1. The Labute approximate surface area is 169 Å². The Morgan fingerprint density at radius 1 is 1.00 bits per heavy atom. The molecule has 0 saturated heterocycles. The number of ether oxygens (including phenoxy) is 1. The molecule has 0 radical (unpaired) electrons. The van der Waals surface area contributed by atoms with E-state index in [1.807, 2.05) is 54.6 Å². The van der Waals surface area contributed by atoms with Gasteiger partial charge in [-0.05, 0) is 41.5 Å². The van der Waals surface area contributed by atoms with Gasteiger partial charge in [0.05, 0.1) is 5.71 Å². The molecular weight excluding hydrogens is 348 g/mol. The van der Waals surface area contributed by atoms with Crippen LogP contribution in [0.25, 0.3) is 0 Å². The van der Waals surface area contributed by atoms with E-state index in [1.165, 1.54) is 5.56 Å². The van der Waals surface area contributed by atoms with E-state index in [1.54, 1.807) is 0 Å². The summed E-state index contributed by atoms with van der Waals surface area (Å²) in [7, 11) is 0. The molecule has 2 aromatic carbocycles. The molecule has 0 aromatic heterocycles. The smallest absolute Gasteiger partial charge is 0.277 e. The summed E-state index contributed by atoms with van der Waals surface area (Å²) < 4.78 is 5.59. The second-order valence-electron chi connectivity index (χ2n) is 7.98. The van der Waals surface area contributed by atoms with E-state index in [2.05, 4.69) is 38.2 Å². The molecule has 0 aliphatic heterocycles. The fourth-order valence-electron chi connectivity index (χ4n) is 2.80. The summed E-state index contributed by atoms with van der Waals surface area (Å²) in [6.45, 7) is 8.61. The van der Waals surface area contributed by atoms with Gasteiger partial charge in [0, 0.05) is 0 Å². The van der Waals surface area contributed by atoms with Gasteiger partial charge >= 0.3 is 0 Å². The van der Waals surface area contributed by atoms with Gasteiger partial charge in [0.1, 0.15) is 5.75 Å². The average Bonchev–Trinajstić information content (AvgIpc) is 2.69. The van der Waals surface area contributed by atoms with Crippen LogP contribution in [0, 0.1) is 0 Å². The predicted octanol–water partition coefficient (Wildman–Crippen LogP) is 5.46. The third-order valence-corrected chi connectivity index (χ3v) is 4.53. The maximum Gasteiger partial charge on any atom is 0.277 e. The lowest BCUT2D eigenvalue weighted by Gasteiger charge is -2.19. The molecule has 0 atom stereocenters. The molecule has 4 nitrogen and oxygen atoms in total. The first-order valence-electron chi connectivity index (χ1n) is 10.0. The molecule has 1 amide bonds. The second kappa shape index (κ2) is 10.6. The lowest BCUT2D eigenvalue weighted by molar-refractivity contribution is -0.123. The number of nitrogens with zero attached hydrogens (tertiary/aromatic N) is 1. The molecule has 0 bridgehead atoms. The van der Waals surface area contributed by atoms with Crippen molar-refractivity contribution in [2.75, 3.05) is 6.61 Å². The normalized spacial score (nSPS) is 11.9. The Balaban J connectivity index is 1.92. The second-order valence-corrected chi connectivity index (χ2v) is 7.98. The molecular formula is C24H32N2O2. The zero-order valence-electron chi connectivity index (χ0n) is 17.5. The fourth-order valence-corrected chi connectivity index (χ4v) is 2.80. The minimum absolute atomic E-state index is 0.0601. The average molecular weight is 381 g/mol. The molecule has 0 spiro atoms. The Kier molecular flexibility index (Phi) is 8.24. The Hall–Kier alpha value is -2.62. The van der Waals surface area contributed by atoms with E-state index >= 15 is 0 Å². The van der Waals surface area contributed by atoms with Crippen molar-refractivity contribution in [2.45, 2.75) is 58.8 Å². The highest BCUT2D eigenvalue weighted by atomic mass is 16.5. The van der Waals surface area contributed by atoms with Crippen molar-refractivity contribution in [3.05, 3.63) is 65.7 Å². The SMILES string of the molecule is CCCCC/C(=N\NC(=O)COc1ccc(C(C)(C)C)cc1)c1ccccc1. The number of benzene rings is 2. The van der Waals surface area contributed by atoms with E-state index in [-0.39, 0.29) is 17.9 Å². The molecule has 2 rings (SSSR count). The first-order valence-corrected chi connectivity index (χ1v) is 10.0. The van der Waals surface area contributed by atoms with Gasteiger partial charge in [-0.2, -0.15) is 5.10 Å². The third kappa shape index (κ3) is 7.18. The molecule has 0 saturated carbocycles. The first kappa shape index (κ1) is 21.7. The summed E-state index contributed by atoms with van der Waals surface area (Å²) >= 11 is 0. The number of rotatable bonds is 9. The minimum atomic E-state index is -0.260. The van der Waals surface area contributed by atoms with Crippen molar-refractivity contribution < 1.29 is 9.53 Å². The Bertz CT molecular complexity index is 759. The molecule has 2 aromatic rings. The van der Waals surface area contributed by atoms with Crippen LogP contribution in [-0.2, 0) is 10.2 Å².